The van der Waals surface area contributed by atoms with Gasteiger partial charge in [-0.1, -0.05) is 66.2 Å². The van der Waals surface area contributed by atoms with E-state index in [-0.39, 0.29) is 18.9 Å². The molecule has 0 saturated carbocycles. The summed E-state index contributed by atoms with van der Waals surface area (Å²) in [6.45, 7) is 3.32. The van der Waals surface area contributed by atoms with Crippen molar-refractivity contribution in [1.29, 1.82) is 0 Å². The maximum absolute atomic E-state index is 12.9. The van der Waals surface area contributed by atoms with Crippen LogP contribution >= 0.6 is 0 Å². The Labute approximate surface area is 204 Å². The Kier molecular flexibility index (Phi) is 7.15. The van der Waals surface area contributed by atoms with E-state index in [0.717, 1.165) is 27.8 Å². The van der Waals surface area contributed by atoms with E-state index in [4.69, 9.17) is 4.74 Å². The maximum atomic E-state index is 12.9. The van der Waals surface area contributed by atoms with Gasteiger partial charge in [0.15, 0.2) is 0 Å². The molecule has 0 aliphatic heterocycles. The van der Waals surface area contributed by atoms with Gasteiger partial charge in [0.05, 0.1) is 0 Å². The number of carboxylic acids is 1. The SMILES string of the molecule is Cc1ccc(N(CC(=O)O)C(=O)C[C@H](C)NC(=O)OCC2c3ccccc3-c3ccccc32)cc1. The van der Waals surface area contributed by atoms with Crippen LogP contribution in [0.3, 0.4) is 0 Å². The molecule has 0 radical (unpaired) electrons. The minimum Gasteiger partial charge on any atom is -0.480 e. The van der Waals surface area contributed by atoms with Crippen molar-refractivity contribution in [2.45, 2.75) is 32.2 Å². The second-order valence-electron chi connectivity index (χ2n) is 8.78. The number of rotatable bonds is 8. The molecule has 0 saturated heterocycles. The number of hydrogen-bond acceptors (Lipinski definition) is 4. The summed E-state index contributed by atoms with van der Waals surface area (Å²) in [6.07, 6.45) is -0.682. The summed E-state index contributed by atoms with van der Waals surface area (Å²) in [7, 11) is 0. The van der Waals surface area contributed by atoms with Crippen LogP contribution < -0.4 is 10.2 Å². The topological polar surface area (TPSA) is 95.9 Å². The lowest BCUT2D eigenvalue weighted by Crippen LogP contribution is -2.41. The fraction of sp³-hybridized carbons (Fsp3) is 0.250. The van der Waals surface area contributed by atoms with Crippen LogP contribution in [0.4, 0.5) is 10.5 Å². The Morgan fingerprint density at radius 2 is 1.51 bits per heavy atom. The van der Waals surface area contributed by atoms with Gasteiger partial charge < -0.3 is 20.1 Å². The Hall–Kier alpha value is -4.13. The van der Waals surface area contributed by atoms with Gasteiger partial charge in [-0.15, -0.1) is 0 Å². The molecule has 0 aromatic heterocycles. The summed E-state index contributed by atoms with van der Waals surface area (Å²) >= 11 is 0. The van der Waals surface area contributed by atoms with E-state index >= 15 is 0 Å². The lowest BCUT2D eigenvalue weighted by molar-refractivity contribution is -0.136. The Bertz CT molecular complexity index is 1190. The molecule has 180 valence electrons. The summed E-state index contributed by atoms with van der Waals surface area (Å²) in [4.78, 5) is 37.9. The molecule has 1 atom stereocenters. The third-order valence-electron chi connectivity index (χ3n) is 6.13. The number of nitrogens with zero attached hydrogens (tertiary/aromatic N) is 1. The van der Waals surface area contributed by atoms with E-state index in [0.29, 0.717) is 5.69 Å². The quantitative estimate of drug-likeness (QED) is 0.494. The number of nitrogens with one attached hydrogen (secondary N) is 1. The molecule has 1 aliphatic rings. The molecule has 35 heavy (non-hydrogen) atoms. The van der Waals surface area contributed by atoms with Crippen LogP contribution in [0.25, 0.3) is 11.1 Å². The molecule has 0 spiro atoms. The number of amides is 2. The monoisotopic (exact) mass is 472 g/mol. The maximum Gasteiger partial charge on any atom is 0.407 e. The molecule has 1 aliphatic carbocycles. The molecule has 3 aromatic rings. The van der Waals surface area contributed by atoms with Crippen LogP contribution in [0, 0.1) is 6.92 Å². The number of anilines is 1. The Morgan fingerprint density at radius 1 is 0.943 bits per heavy atom. The standard InChI is InChI=1S/C28H28N2O5/c1-18-11-13-20(14-12-18)30(16-27(32)33)26(31)15-19(2)29-28(34)35-17-25-23-9-5-3-7-21(23)22-8-4-6-10-24(22)25/h3-14,19,25H,15-17H2,1-2H3,(H,29,34)(H,32,33)/t19-/m0/s1. The highest BCUT2D eigenvalue weighted by Gasteiger charge is 2.29. The van der Waals surface area contributed by atoms with Gasteiger partial charge in [-0.25, -0.2) is 4.79 Å². The average Bonchev–Trinajstić information content (AvgIpc) is 3.15. The second-order valence-corrected chi connectivity index (χ2v) is 8.78. The minimum atomic E-state index is -1.11. The minimum absolute atomic E-state index is 0.0577. The van der Waals surface area contributed by atoms with E-state index in [1.807, 2.05) is 55.5 Å². The van der Waals surface area contributed by atoms with Crippen molar-refractivity contribution in [3.05, 3.63) is 89.5 Å². The van der Waals surface area contributed by atoms with Crippen LogP contribution in [0.2, 0.25) is 0 Å². The van der Waals surface area contributed by atoms with Crippen LogP contribution in [-0.2, 0) is 14.3 Å². The zero-order valence-electron chi connectivity index (χ0n) is 19.7. The second kappa shape index (κ2) is 10.4. The number of carboxylic acid groups (broad SMARTS) is 1. The van der Waals surface area contributed by atoms with Crippen molar-refractivity contribution in [1.82, 2.24) is 5.32 Å². The van der Waals surface area contributed by atoms with Crippen molar-refractivity contribution in [2.24, 2.45) is 0 Å². The molecular formula is C28H28N2O5. The third kappa shape index (κ3) is 5.51. The number of fused-ring (bicyclic) bond motifs is 3. The number of aryl methyl sites for hydroxylation is 1. The molecule has 3 aromatic carbocycles. The molecule has 7 nitrogen and oxygen atoms in total. The number of carbonyl (C=O) groups excluding carboxylic acids is 2. The zero-order chi connectivity index (χ0) is 24.9. The number of alkyl carbamates (subject to hydrolysis) is 1. The highest BCUT2D eigenvalue weighted by atomic mass is 16.5. The van der Waals surface area contributed by atoms with E-state index in [1.54, 1.807) is 19.1 Å². The van der Waals surface area contributed by atoms with Crippen LogP contribution in [0.1, 0.15) is 36.0 Å². The Balaban J connectivity index is 1.36. The van der Waals surface area contributed by atoms with Crippen LogP contribution in [0.5, 0.6) is 0 Å². The van der Waals surface area contributed by atoms with Gasteiger partial charge in [0.1, 0.15) is 13.2 Å². The summed E-state index contributed by atoms with van der Waals surface area (Å²) in [5, 5.41) is 12.0. The van der Waals surface area contributed by atoms with Gasteiger partial charge in [-0.05, 0) is 48.2 Å². The van der Waals surface area contributed by atoms with Gasteiger partial charge in [0.2, 0.25) is 5.91 Å². The van der Waals surface area contributed by atoms with E-state index in [9.17, 15) is 19.5 Å². The first-order valence-electron chi connectivity index (χ1n) is 11.5. The molecule has 0 unspecified atom stereocenters. The van der Waals surface area contributed by atoms with Crippen molar-refractivity contribution in [3.8, 4) is 11.1 Å². The average molecular weight is 473 g/mol. The predicted octanol–water partition coefficient (Wildman–Crippen LogP) is 4.73. The van der Waals surface area contributed by atoms with Gasteiger partial charge in [0, 0.05) is 24.1 Å². The first kappa shape index (κ1) is 24.0. The molecule has 7 heteroatoms. The zero-order valence-corrected chi connectivity index (χ0v) is 19.7. The Morgan fingerprint density at radius 3 is 2.09 bits per heavy atom. The largest absolute Gasteiger partial charge is 0.480 e. The van der Waals surface area contributed by atoms with Gasteiger partial charge >= 0.3 is 12.1 Å². The van der Waals surface area contributed by atoms with Crippen LogP contribution in [0.15, 0.2) is 72.8 Å². The van der Waals surface area contributed by atoms with Crippen molar-refractivity contribution < 1.29 is 24.2 Å². The lowest BCUT2D eigenvalue weighted by atomic mass is 9.98. The first-order chi connectivity index (χ1) is 16.8. The fourth-order valence-corrected chi connectivity index (χ4v) is 4.45. The number of ether oxygens (including phenoxy) is 1. The van der Waals surface area contributed by atoms with E-state index in [1.165, 1.54) is 4.90 Å². The first-order valence-corrected chi connectivity index (χ1v) is 11.5. The molecule has 0 fully saturated rings. The van der Waals surface area contributed by atoms with E-state index in [2.05, 4.69) is 17.4 Å². The molecule has 2 amide bonds. The molecular weight excluding hydrogens is 444 g/mol. The van der Waals surface area contributed by atoms with Crippen molar-refractivity contribution >= 4 is 23.7 Å². The van der Waals surface area contributed by atoms with Crippen molar-refractivity contribution in [3.63, 3.8) is 0 Å². The third-order valence-corrected chi connectivity index (χ3v) is 6.13. The smallest absolute Gasteiger partial charge is 0.407 e. The number of benzene rings is 3. The predicted molar refractivity (Wildman–Crippen MR) is 133 cm³/mol. The number of carbonyl (C=O) groups is 3. The molecule has 2 N–H and O–H groups in total. The normalized spacial score (nSPS) is 12.9. The highest BCUT2D eigenvalue weighted by molar-refractivity contribution is 5.97. The van der Waals surface area contributed by atoms with Crippen molar-refractivity contribution in [2.75, 3.05) is 18.1 Å². The summed E-state index contributed by atoms with van der Waals surface area (Å²) < 4.78 is 5.55. The van der Waals surface area contributed by atoms with E-state index < -0.39 is 30.6 Å². The lowest BCUT2D eigenvalue weighted by Gasteiger charge is -2.23. The molecule has 0 bridgehead atoms. The fourth-order valence-electron chi connectivity index (χ4n) is 4.45. The van der Waals surface area contributed by atoms with Gasteiger partial charge in [0.25, 0.3) is 0 Å². The molecule has 0 heterocycles. The summed E-state index contributed by atoms with van der Waals surface area (Å²) in [5.74, 6) is -1.57. The highest BCUT2D eigenvalue weighted by Crippen LogP contribution is 2.44. The summed E-state index contributed by atoms with van der Waals surface area (Å²) in [6, 6.07) is 22.7. The van der Waals surface area contributed by atoms with Crippen LogP contribution in [-0.4, -0.2) is 42.3 Å². The van der Waals surface area contributed by atoms with Gasteiger partial charge in [-0.2, -0.15) is 0 Å². The summed E-state index contributed by atoms with van der Waals surface area (Å²) in [5.41, 5.74) is 6.02. The number of hydrogen-bond donors (Lipinski definition) is 2. The molecule has 4 rings (SSSR count). The number of aliphatic carboxylic acids is 1. The van der Waals surface area contributed by atoms with Gasteiger partial charge in [-0.3, -0.25) is 9.59 Å².